The third kappa shape index (κ3) is 2.51. The van der Waals surface area contributed by atoms with Crippen molar-refractivity contribution in [2.24, 2.45) is 0 Å². The van der Waals surface area contributed by atoms with Crippen molar-refractivity contribution in [2.75, 3.05) is 14.1 Å². The minimum Gasteiger partial charge on any atom is -0.478 e. The highest BCUT2D eigenvalue weighted by Crippen LogP contribution is 2.16. The number of carboxylic acids is 1. The number of benzene rings is 1. The number of aromatic nitrogens is 2. The molecular weight excluding hydrogens is 265 g/mol. The Bertz CT molecular complexity index is 679. The summed E-state index contributed by atoms with van der Waals surface area (Å²) in [5.41, 5.74) is 0.143. The van der Waals surface area contributed by atoms with Gasteiger partial charge in [0.2, 0.25) is 0 Å². The summed E-state index contributed by atoms with van der Waals surface area (Å²) < 4.78 is 14.3. The summed E-state index contributed by atoms with van der Waals surface area (Å²) in [4.78, 5) is 24.2. The van der Waals surface area contributed by atoms with Crippen molar-refractivity contribution in [1.29, 1.82) is 0 Å². The smallest absolute Gasteiger partial charge is 0.338 e. The van der Waals surface area contributed by atoms with Gasteiger partial charge in [-0.05, 0) is 24.3 Å². The van der Waals surface area contributed by atoms with Gasteiger partial charge in [0.25, 0.3) is 5.91 Å². The zero-order chi connectivity index (χ0) is 14.9. The third-order valence-electron chi connectivity index (χ3n) is 2.65. The molecule has 6 nitrogen and oxygen atoms in total. The van der Waals surface area contributed by atoms with E-state index in [1.54, 1.807) is 14.1 Å². The zero-order valence-electron chi connectivity index (χ0n) is 10.9. The number of carbonyl (C=O) groups is 2. The number of halogens is 1. The lowest BCUT2D eigenvalue weighted by Gasteiger charge is -2.08. The van der Waals surface area contributed by atoms with Crippen LogP contribution in [0.3, 0.4) is 0 Å². The first-order valence-electron chi connectivity index (χ1n) is 5.70. The van der Waals surface area contributed by atoms with E-state index in [1.165, 1.54) is 27.9 Å². The molecule has 0 unspecified atom stereocenters. The molecule has 1 amide bonds. The lowest BCUT2D eigenvalue weighted by Crippen LogP contribution is -2.22. The molecule has 1 aromatic heterocycles. The van der Waals surface area contributed by atoms with Crippen LogP contribution in [0, 0.1) is 5.82 Å². The fourth-order valence-electron chi connectivity index (χ4n) is 1.68. The summed E-state index contributed by atoms with van der Waals surface area (Å²) in [6.45, 7) is 0. The molecule has 0 aliphatic heterocycles. The Morgan fingerprint density at radius 1 is 1.30 bits per heavy atom. The zero-order valence-corrected chi connectivity index (χ0v) is 10.9. The largest absolute Gasteiger partial charge is 0.478 e. The highest BCUT2D eigenvalue weighted by Gasteiger charge is 2.16. The van der Waals surface area contributed by atoms with Gasteiger partial charge < -0.3 is 10.0 Å². The van der Waals surface area contributed by atoms with Gasteiger partial charge in [0.15, 0.2) is 5.69 Å². The predicted molar refractivity (Wildman–Crippen MR) is 68.5 cm³/mol. The number of nitrogens with zero attached hydrogens (tertiary/aromatic N) is 3. The third-order valence-corrected chi connectivity index (χ3v) is 2.65. The van der Waals surface area contributed by atoms with Gasteiger partial charge in [-0.2, -0.15) is 5.10 Å². The average Bonchev–Trinajstić information content (AvgIpc) is 2.86. The van der Waals surface area contributed by atoms with Gasteiger partial charge in [0.1, 0.15) is 5.82 Å². The Morgan fingerprint density at radius 2 is 2.00 bits per heavy atom. The SMILES string of the molecule is CN(C)C(=O)c1ccn(-c2ccc(F)cc2C(=O)O)n1. The average molecular weight is 277 g/mol. The normalized spacial score (nSPS) is 10.3. The Hall–Kier alpha value is -2.70. The second kappa shape index (κ2) is 5.12. The first kappa shape index (κ1) is 13.7. The van der Waals surface area contributed by atoms with E-state index in [1.807, 2.05) is 0 Å². The van der Waals surface area contributed by atoms with Crippen LogP contribution in [0.5, 0.6) is 0 Å². The number of carboxylic acid groups (broad SMARTS) is 1. The van der Waals surface area contributed by atoms with Crippen LogP contribution < -0.4 is 0 Å². The van der Waals surface area contributed by atoms with E-state index < -0.39 is 11.8 Å². The van der Waals surface area contributed by atoms with Gasteiger partial charge in [-0.3, -0.25) is 4.79 Å². The fraction of sp³-hybridized carbons (Fsp3) is 0.154. The molecule has 104 valence electrons. The quantitative estimate of drug-likeness (QED) is 0.920. The van der Waals surface area contributed by atoms with Gasteiger partial charge in [-0.25, -0.2) is 13.9 Å². The molecule has 1 heterocycles. The van der Waals surface area contributed by atoms with E-state index in [0.717, 1.165) is 12.1 Å². The van der Waals surface area contributed by atoms with E-state index in [0.29, 0.717) is 0 Å². The Morgan fingerprint density at radius 3 is 2.60 bits per heavy atom. The van der Waals surface area contributed by atoms with Crippen LogP contribution in [-0.4, -0.2) is 45.8 Å². The molecule has 0 fully saturated rings. The number of hydrogen-bond acceptors (Lipinski definition) is 3. The molecule has 0 spiro atoms. The molecule has 0 radical (unpaired) electrons. The summed E-state index contributed by atoms with van der Waals surface area (Å²) in [7, 11) is 3.17. The Balaban J connectivity index is 2.48. The molecule has 0 bridgehead atoms. The van der Waals surface area contributed by atoms with Crippen molar-refractivity contribution in [3.05, 3.63) is 47.5 Å². The van der Waals surface area contributed by atoms with Gasteiger partial charge in [-0.15, -0.1) is 0 Å². The van der Waals surface area contributed by atoms with Crippen LogP contribution in [0.4, 0.5) is 4.39 Å². The molecule has 0 saturated carbocycles. The summed E-state index contributed by atoms with van der Waals surface area (Å²) in [5.74, 6) is -2.22. The fourth-order valence-corrected chi connectivity index (χ4v) is 1.68. The number of hydrogen-bond donors (Lipinski definition) is 1. The molecule has 0 atom stereocenters. The van der Waals surface area contributed by atoms with Crippen LogP contribution in [0.25, 0.3) is 5.69 Å². The Kier molecular flexibility index (Phi) is 3.51. The van der Waals surface area contributed by atoms with Gasteiger partial charge in [0, 0.05) is 20.3 Å². The first-order valence-corrected chi connectivity index (χ1v) is 5.70. The van der Waals surface area contributed by atoms with E-state index in [2.05, 4.69) is 5.10 Å². The molecule has 2 rings (SSSR count). The highest BCUT2D eigenvalue weighted by molar-refractivity contribution is 5.93. The maximum atomic E-state index is 13.1. The first-order chi connectivity index (χ1) is 9.40. The van der Waals surface area contributed by atoms with E-state index in [9.17, 15) is 14.0 Å². The summed E-state index contributed by atoms with van der Waals surface area (Å²) in [5, 5.41) is 13.1. The number of aromatic carboxylic acids is 1. The van der Waals surface area contributed by atoms with Gasteiger partial charge in [-0.1, -0.05) is 0 Å². The molecule has 0 aliphatic rings. The molecular formula is C13H12FN3O3. The van der Waals surface area contributed by atoms with E-state index >= 15 is 0 Å². The lowest BCUT2D eigenvalue weighted by atomic mass is 10.2. The number of rotatable bonds is 3. The van der Waals surface area contributed by atoms with Crippen molar-refractivity contribution in [1.82, 2.24) is 14.7 Å². The molecule has 20 heavy (non-hydrogen) atoms. The van der Waals surface area contributed by atoms with Crippen molar-refractivity contribution >= 4 is 11.9 Å². The predicted octanol–water partition coefficient (Wildman–Crippen LogP) is 1.41. The van der Waals surface area contributed by atoms with Crippen LogP contribution in [-0.2, 0) is 0 Å². The van der Waals surface area contributed by atoms with Crippen LogP contribution >= 0.6 is 0 Å². The molecule has 1 aromatic carbocycles. The molecule has 2 aromatic rings. The lowest BCUT2D eigenvalue weighted by molar-refractivity contribution is 0.0696. The topological polar surface area (TPSA) is 75.4 Å². The van der Waals surface area contributed by atoms with Crippen molar-refractivity contribution in [3.63, 3.8) is 0 Å². The van der Waals surface area contributed by atoms with E-state index in [4.69, 9.17) is 5.11 Å². The highest BCUT2D eigenvalue weighted by atomic mass is 19.1. The second-order valence-corrected chi connectivity index (χ2v) is 4.31. The summed E-state index contributed by atoms with van der Waals surface area (Å²) in [6.07, 6.45) is 1.45. The standard InChI is InChI=1S/C13H12FN3O3/c1-16(2)12(18)10-5-6-17(15-10)11-4-3-8(14)7-9(11)13(19)20/h3-7H,1-2H3,(H,19,20). The monoisotopic (exact) mass is 277 g/mol. The molecule has 0 aliphatic carbocycles. The van der Waals surface area contributed by atoms with Gasteiger partial charge >= 0.3 is 5.97 Å². The maximum Gasteiger partial charge on any atom is 0.338 e. The van der Waals surface area contributed by atoms with Crippen LogP contribution in [0.1, 0.15) is 20.8 Å². The number of amides is 1. The molecule has 1 N–H and O–H groups in total. The van der Waals surface area contributed by atoms with Gasteiger partial charge in [0.05, 0.1) is 11.3 Å². The second-order valence-electron chi connectivity index (χ2n) is 4.31. The van der Waals surface area contributed by atoms with Crippen molar-refractivity contribution in [3.8, 4) is 5.69 Å². The van der Waals surface area contributed by atoms with E-state index in [-0.39, 0.29) is 22.9 Å². The molecule has 7 heteroatoms. The summed E-state index contributed by atoms with van der Waals surface area (Å²) >= 11 is 0. The Labute approximate surface area is 114 Å². The van der Waals surface area contributed by atoms with Crippen molar-refractivity contribution < 1.29 is 19.1 Å². The minimum absolute atomic E-state index is 0.177. The van der Waals surface area contributed by atoms with Crippen LogP contribution in [0.15, 0.2) is 30.5 Å². The number of carbonyl (C=O) groups excluding carboxylic acids is 1. The summed E-state index contributed by atoms with van der Waals surface area (Å²) in [6, 6.07) is 4.82. The van der Waals surface area contributed by atoms with Crippen LogP contribution in [0.2, 0.25) is 0 Å². The minimum atomic E-state index is -1.27. The maximum absolute atomic E-state index is 13.1. The molecule has 0 saturated heterocycles. The van der Waals surface area contributed by atoms with Crippen molar-refractivity contribution in [2.45, 2.75) is 0 Å².